The zero-order chi connectivity index (χ0) is 20.3. The minimum Gasteiger partial charge on any atom is -0.379 e. The highest BCUT2D eigenvalue weighted by Crippen LogP contribution is 2.09. The van der Waals surface area contributed by atoms with Gasteiger partial charge in [-0.15, -0.1) is 24.0 Å². The molecule has 1 aromatic rings. The number of ether oxygens (including phenoxy) is 1. The fourth-order valence-electron chi connectivity index (χ4n) is 3.66. The molecule has 0 spiro atoms. The number of rotatable bonds is 8. The van der Waals surface area contributed by atoms with Crippen LogP contribution in [-0.4, -0.2) is 110 Å². The molecule has 2 N–H and O–H groups in total. The van der Waals surface area contributed by atoms with Crippen molar-refractivity contribution in [3.8, 4) is 0 Å². The molecule has 0 aromatic carbocycles. The van der Waals surface area contributed by atoms with Gasteiger partial charge in [-0.2, -0.15) is 0 Å². The summed E-state index contributed by atoms with van der Waals surface area (Å²) in [6.07, 6.45) is 3.61. The Balaban J connectivity index is 0.00000320. The van der Waals surface area contributed by atoms with Gasteiger partial charge in [-0.3, -0.25) is 14.8 Å². The second kappa shape index (κ2) is 13.9. The number of hydrogen-bond donors (Lipinski definition) is 2. The van der Waals surface area contributed by atoms with Crippen LogP contribution in [0.25, 0.3) is 0 Å². The SMILES string of the molecule is CCNC(=NCC(C)N1CCOCC1)NCCN1CCN(c2ncccn2)CC1.I. The summed E-state index contributed by atoms with van der Waals surface area (Å²) >= 11 is 0. The lowest BCUT2D eigenvalue weighted by Gasteiger charge is -2.34. The third kappa shape index (κ3) is 8.12. The summed E-state index contributed by atoms with van der Waals surface area (Å²) in [6.45, 7) is 15.6. The lowest BCUT2D eigenvalue weighted by molar-refractivity contribution is 0.0220. The van der Waals surface area contributed by atoms with Gasteiger partial charge in [-0.05, 0) is 19.9 Å². The lowest BCUT2D eigenvalue weighted by atomic mass is 10.2. The van der Waals surface area contributed by atoms with Crippen molar-refractivity contribution in [2.75, 3.05) is 83.6 Å². The van der Waals surface area contributed by atoms with Crippen LogP contribution in [0.2, 0.25) is 0 Å². The average molecular weight is 532 g/mol. The highest BCUT2D eigenvalue weighted by Gasteiger charge is 2.19. The van der Waals surface area contributed by atoms with Crippen molar-refractivity contribution in [3.63, 3.8) is 0 Å². The van der Waals surface area contributed by atoms with Crippen molar-refractivity contribution in [3.05, 3.63) is 18.5 Å². The van der Waals surface area contributed by atoms with Crippen LogP contribution in [-0.2, 0) is 4.74 Å². The molecule has 10 heteroatoms. The van der Waals surface area contributed by atoms with Crippen molar-refractivity contribution in [2.45, 2.75) is 19.9 Å². The van der Waals surface area contributed by atoms with E-state index in [4.69, 9.17) is 9.73 Å². The molecule has 1 aromatic heterocycles. The second-order valence-electron chi connectivity index (χ2n) is 7.52. The molecule has 2 aliphatic heterocycles. The molecule has 1 atom stereocenters. The molecule has 2 aliphatic rings. The van der Waals surface area contributed by atoms with Crippen LogP contribution in [0.1, 0.15) is 13.8 Å². The molecule has 0 radical (unpaired) electrons. The van der Waals surface area contributed by atoms with Gasteiger partial charge in [0.1, 0.15) is 0 Å². The van der Waals surface area contributed by atoms with E-state index in [1.165, 1.54) is 0 Å². The first-order chi connectivity index (χ1) is 14.3. The molecular formula is C20H37IN8O. The van der Waals surface area contributed by atoms with Gasteiger partial charge in [0.25, 0.3) is 0 Å². The highest BCUT2D eigenvalue weighted by molar-refractivity contribution is 14.0. The number of morpholine rings is 1. The molecule has 3 rings (SSSR count). The first-order valence-corrected chi connectivity index (χ1v) is 10.8. The van der Waals surface area contributed by atoms with Gasteiger partial charge >= 0.3 is 0 Å². The number of guanidine groups is 1. The zero-order valence-electron chi connectivity index (χ0n) is 18.3. The quantitative estimate of drug-likeness (QED) is 0.285. The first-order valence-electron chi connectivity index (χ1n) is 10.8. The van der Waals surface area contributed by atoms with Gasteiger partial charge in [0.15, 0.2) is 5.96 Å². The maximum Gasteiger partial charge on any atom is 0.225 e. The van der Waals surface area contributed by atoms with Crippen LogP contribution in [0.15, 0.2) is 23.5 Å². The van der Waals surface area contributed by atoms with E-state index < -0.39 is 0 Å². The Morgan fingerprint density at radius 1 is 1.10 bits per heavy atom. The number of anilines is 1. The third-order valence-electron chi connectivity index (χ3n) is 5.45. The number of hydrogen-bond acceptors (Lipinski definition) is 7. The number of halogens is 1. The molecule has 1 unspecified atom stereocenters. The molecule has 0 saturated carbocycles. The summed E-state index contributed by atoms with van der Waals surface area (Å²) in [5, 5.41) is 6.84. The lowest BCUT2D eigenvalue weighted by Crippen LogP contribution is -2.50. The Labute approximate surface area is 197 Å². The van der Waals surface area contributed by atoms with Gasteiger partial charge in [0.05, 0.1) is 19.8 Å². The Morgan fingerprint density at radius 3 is 2.47 bits per heavy atom. The van der Waals surface area contributed by atoms with Crippen LogP contribution in [0.5, 0.6) is 0 Å². The van der Waals surface area contributed by atoms with Crippen molar-refractivity contribution in [1.82, 2.24) is 30.4 Å². The molecule has 3 heterocycles. The van der Waals surface area contributed by atoms with Crippen LogP contribution < -0.4 is 15.5 Å². The Bertz CT molecular complexity index is 606. The van der Waals surface area contributed by atoms with Crippen LogP contribution >= 0.6 is 24.0 Å². The molecule has 2 saturated heterocycles. The van der Waals surface area contributed by atoms with Crippen molar-refractivity contribution < 1.29 is 4.74 Å². The summed E-state index contributed by atoms with van der Waals surface area (Å²) < 4.78 is 5.44. The third-order valence-corrected chi connectivity index (χ3v) is 5.45. The van der Waals surface area contributed by atoms with Crippen LogP contribution in [0.4, 0.5) is 5.95 Å². The average Bonchev–Trinajstić information content (AvgIpc) is 2.79. The number of nitrogens with one attached hydrogen (secondary N) is 2. The van der Waals surface area contributed by atoms with Crippen LogP contribution in [0, 0.1) is 0 Å². The summed E-state index contributed by atoms with van der Waals surface area (Å²) in [5.74, 6) is 1.74. The summed E-state index contributed by atoms with van der Waals surface area (Å²) in [5.41, 5.74) is 0. The monoisotopic (exact) mass is 532 g/mol. The smallest absolute Gasteiger partial charge is 0.225 e. The molecule has 0 aliphatic carbocycles. The van der Waals surface area contributed by atoms with Gasteiger partial charge in [-0.25, -0.2) is 9.97 Å². The summed E-state index contributed by atoms with van der Waals surface area (Å²) in [6, 6.07) is 2.29. The van der Waals surface area contributed by atoms with E-state index in [0.29, 0.717) is 6.04 Å². The Kier molecular flexibility index (Phi) is 11.6. The van der Waals surface area contributed by atoms with E-state index >= 15 is 0 Å². The fourth-order valence-corrected chi connectivity index (χ4v) is 3.66. The number of aliphatic imine (C=N–C) groups is 1. The normalized spacial score (nSPS) is 19.8. The summed E-state index contributed by atoms with van der Waals surface area (Å²) in [4.78, 5) is 20.7. The van der Waals surface area contributed by atoms with Crippen LogP contribution in [0.3, 0.4) is 0 Å². The number of aromatic nitrogens is 2. The van der Waals surface area contributed by atoms with Gasteiger partial charge in [-0.1, -0.05) is 0 Å². The van der Waals surface area contributed by atoms with Gasteiger partial charge in [0.2, 0.25) is 5.95 Å². The zero-order valence-corrected chi connectivity index (χ0v) is 20.6. The largest absolute Gasteiger partial charge is 0.379 e. The van der Waals surface area contributed by atoms with E-state index in [2.05, 4.69) is 49.1 Å². The Hall–Kier alpha value is -1.24. The van der Waals surface area contributed by atoms with Gasteiger partial charge < -0.3 is 20.3 Å². The predicted octanol–water partition coefficient (Wildman–Crippen LogP) is 0.492. The van der Waals surface area contributed by atoms with E-state index in [-0.39, 0.29) is 24.0 Å². The van der Waals surface area contributed by atoms with E-state index in [9.17, 15) is 0 Å². The first kappa shape index (κ1) is 25.0. The predicted molar refractivity (Wildman–Crippen MR) is 132 cm³/mol. The standard InChI is InChI=1S/C20H36N8O.HI/c1-3-21-19(25-17-18(2)27-13-15-29-16-14-27)22-7-8-26-9-11-28(12-10-26)20-23-5-4-6-24-20;/h4-6,18H,3,7-17H2,1-2H3,(H2,21,22,25);1H. The van der Waals surface area contributed by atoms with Crippen molar-refractivity contribution >= 4 is 35.9 Å². The molecule has 0 amide bonds. The molecular weight excluding hydrogens is 495 g/mol. The highest BCUT2D eigenvalue weighted by atomic mass is 127. The topological polar surface area (TPSA) is 81.2 Å². The molecule has 30 heavy (non-hydrogen) atoms. The molecule has 0 bridgehead atoms. The Morgan fingerprint density at radius 2 is 1.80 bits per heavy atom. The second-order valence-corrected chi connectivity index (χ2v) is 7.52. The minimum atomic E-state index is 0. The van der Waals surface area contributed by atoms with Crippen molar-refractivity contribution in [2.24, 2.45) is 4.99 Å². The van der Waals surface area contributed by atoms with E-state index in [1.807, 2.05) is 6.07 Å². The summed E-state index contributed by atoms with van der Waals surface area (Å²) in [7, 11) is 0. The molecule has 170 valence electrons. The number of piperazine rings is 1. The number of nitrogens with zero attached hydrogens (tertiary/aromatic N) is 6. The molecule has 9 nitrogen and oxygen atoms in total. The maximum absolute atomic E-state index is 5.44. The minimum absolute atomic E-state index is 0. The van der Waals surface area contributed by atoms with Crippen molar-refractivity contribution in [1.29, 1.82) is 0 Å². The molecule has 2 fully saturated rings. The maximum atomic E-state index is 5.44. The van der Waals surface area contributed by atoms with E-state index in [1.54, 1.807) is 12.4 Å². The van der Waals surface area contributed by atoms with Gasteiger partial charge in [0, 0.05) is 77.3 Å². The van der Waals surface area contributed by atoms with E-state index in [0.717, 1.165) is 90.6 Å². The fraction of sp³-hybridized carbons (Fsp3) is 0.750.